The third-order valence-electron chi connectivity index (χ3n) is 5.20. The summed E-state index contributed by atoms with van der Waals surface area (Å²) in [6, 6.07) is 25.7. The van der Waals surface area contributed by atoms with Gasteiger partial charge in [-0.3, -0.25) is 4.79 Å². The van der Waals surface area contributed by atoms with Gasteiger partial charge in [-0.15, -0.1) is 0 Å². The van der Waals surface area contributed by atoms with Crippen molar-refractivity contribution in [2.75, 3.05) is 6.61 Å². The number of amides is 1. The number of benzene rings is 4. The van der Waals surface area contributed by atoms with Crippen molar-refractivity contribution in [1.82, 2.24) is 5.43 Å². The lowest BCUT2D eigenvalue weighted by Crippen LogP contribution is -2.20. The van der Waals surface area contributed by atoms with Crippen LogP contribution in [-0.2, 0) is 11.2 Å². The number of carbonyl (C=O) groups is 2. The Morgan fingerprint density at radius 2 is 1.74 bits per heavy atom. The molecule has 0 saturated carbocycles. The summed E-state index contributed by atoms with van der Waals surface area (Å²) >= 11 is 3.41. The fourth-order valence-electron chi connectivity index (χ4n) is 3.56. The predicted octanol–water partition coefficient (Wildman–Crippen LogP) is 5.91. The Balaban J connectivity index is 1.43. The smallest absolute Gasteiger partial charge is 0.343 e. The summed E-state index contributed by atoms with van der Waals surface area (Å²) in [7, 11) is 0. The molecule has 6 nitrogen and oxygen atoms in total. The van der Waals surface area contributed by atoms with Crippen LogP contribution in [0.3, 0.4) is 0 Å². The van der Waals surface area contributed by atoms with Gasteiger partial charge in [0.15, 0.2) is 0 Å². The number of hydrogen-bond acceptors (Lipinski definition) is 5. The highest BCUT2D eigenvalue weighted by atomic mass is 79.9. The van der Waals surface area contributed by atoms with Crippen LogP contribution in [0.5, 0.6) is 11.5 Å². The van der Waals surface area contributed by atoms with Crippen molar-refractivity contribution in [3.8, 4) is 11.5 Å². The van der Waals surface area contributed by atoms with Gasteiger partial charge in [-0.2, -0.15) is 5.10 Å². The van der Waals surface area contributed by atoms with Crippen LogP contribution in [0.2, 0.25) is 0 Å². The summed E-state index contributed by atoms with van der Waals surface area (Å²) in [5.74, 6) is 0.240. The lowest BCUT2D eigenvalue weighted by molar-refractivity contribution is -0.120. The van der Waals surface area contributed by atoms with Crippen LogP contribution in [0.15, 0.2) is 94.5 Å². The lowest BCUT2D eigenvalue weighted by atomic mass is 10.0. The minimum Gasteiger partial charge on any atom is -0.494 e. The van der Waals surface area contributed by atoms with Crippen LogP contribution >= 0.6 is 15.9 Å². The van der Waals surface area contributed by atoms with Gasteiger partial charge in [-0.1, -0.05) is 58.4 Å². The number of carbonyl (C=O) groups excluding carboxylic acids is 2. The Bertz CT molecular complexity index is 1380. The third kappa shape index (κ3) is 6.33. The quantitative estimate of drug-likeness (QED) is 0.133. The molecule has 0 spiro atoms. The monoisotopic (exact) mass is 530 g/mol. The van der Waals surface area contributed by atoms with Crippen molar-refractivity contribution >= 4 is 44.8 Å². The molecule has 0 heterocycles. The first-order valence-electron chi connectivity index (χ1n) is 11.1. The van der Waals surface area contributed by atoms with Crippen molar-refractivity contribution in [2.24, 2.45) is 5.10 Å². The first-order chi connectivity index (χ1) is 17.0. The molecule has 4 aromatic rings. The predicted molar refractivity (Wildman–Crippen MR) is 140 cm³/mol. The first kappa shape index (κ1) is 24.2. The zero-order valence-corrected chi connectivity index (χ0v) is 20.6. The van der Waals surface area contributed by atoms with E-state index >= 15 is 0 Å². The van der Waals surface area contributed by atoms with Crippen LogP contribution in [0.4, 0.5) is 0 Å². The van der Waals surface area contributed by atoms with Crippen molar-refractivity contribution < 1.29 is 19.1 Å². The highest BCUT2D eigenvalue weighted by molar-refractivity contribution is 9.10. The maximum absolute atomic E-state index is 12.6. The summed E-state index contributed by atoms with van der Waals surface area (Å²) in [6.07, 6.45) is 1.64. The van der Waals surface area contributed by atoms with Gasteiger partial charge in [0.25, 0.3) is 0 Å². The zero-order valence-electron chi connectivity index (χ0n) is 19.0. The number of nitrogens with one attached hydrogen (secondary N) is 1. The lowest BCUT2D eigenvalue weighted by Gasteiger charge is -2.09. The molecule has 4 rings (SSSR count). The number of rotatable bonds is 8. The van der Waals surface area contributed by atoms with Crippen molar-refractivity contribution in [1.29, 1.82) is 0 Å². The van der Waals surface area contributed by atoms with Gasteiger partial charge in [-0.05, 0) is 65.7 Å². The number of nitrogens with zero attached hydrogens (tertiary/aromatic N) is 1. The Morgan fingerprint density at radius 1 is 0.971 bits per heavy atom. The fourth-order valence-corrected chi connectivity index (χ4v) is 3.94. The molecule has 0 unspecified atom stereocenters. The summed E-state index contributed by atoms with van der Waals surface area (Å²) in [6.45, 7) is 2.44. The van der Waals surface area contributed by atoms with Crippen LogP contribution in [0, 0.1) is 0 Å². The molecule has 0 aliphatic carbocycles. The van der Waals surface area contributed by atoms with Gasteiger partial charge in [-0.25, -0.2) is 10.2 Å². The average molecular weight is 531 g/mol. The molecular formula is C28H23BrN2O4. The second-order valence-electron chi connectivity index (χ2n) is 7.64. The Labute approximate surface area is 211 Å². The van der Waals surface area contributed by atoms with Gasteiger partial charge in [0.05, 0.1) is 24.8 Å². The van der Waals surface area contributed by atoms with E-state index in [4.69, 9.17) is 9.47 Å². The minimum absolute atomic E-state index is 0.191. The Hall–Kier alpha value is -3.97. The number of halogens is 1. The number of hydrogen-bond donors (Lipinski definition) is 1. The number of ether oxygens (including phenoxy) is 2. The molecule has 7 heteroatoms. The number of hydrazone groups is 1. The molecule has 1 N–H and O–H groups in total. The van der Waals surface area contributed by atoms with E-state index in [9.17, 15) is 9.59 Å². The molecule has 176 valence electrons. The van der Waals surface area contributed by atoms with Crippen LogP contribution in [0.1, 0.15) is 28.4 Å². The highest BCUT2D eigenvalue weighted by Gasteiger charge is 2.12. The number of fused-ring (bicyclic) bond motifs is 1. The van der Waals surface area contributed by atoms with Gasteiger partial charge in [0, 0.05) is 10.0 Å². The molecular weight excluding hydrogens is 508 g/mol. The fraction of sp³-hybridized carbons (Fsp3) is 0.107. The van der Waals surface area contributed by atoms with E-state index in [0.717, 1.165) is 20.8 Å². The van der Waals surface area contributed by atoms with Gasteiger partial charge < -0.3 is 9.47 Å². The van der Waals surface area contributed by atoms with Gasteiger partial charge in [0.1, 0.15) is 11.5 Å². The van der Waals surface area contributed by atoms with E-state index in [2.05, 4.69) is 26.5 Å². The van der Waals surface area contributed by atoms with Gasteiger partial charge in [0.2, 0.25) is 5.91 Å². The van der Waals surface area contributed by atoms with E-state index in [1.54, 1.807) is 42.5 Å². The van der Waals surface area contributed by atoms with E-state index in [-0.39, 0.29) is 12.3 Å². The second-order valence-corrected chi connectivity index (χ2v) is 8.55. The van der Waals surface area contributed by atoms with E-state index < -0.39 is 5.97 Å². The molecule has 35 heavy (non-hydrogen) atoms. The topological polar surface area (TPSA) is 77.0 Å². The van der Waals surface area contributed by atoms with Crippen LogP contribution < -0.4 is 14.9 Å². The first-order valence-corrected chi connectivity index (χ1v) is 11.9. The normalized spacial score (nSPS) is 10.9. The van der Waals surface area contributed by atoms with Crippen LogP contribution in [0.25, 0.3) is 10.8 Å². The Morgan fingerprint density at radius 3 is 2.54 bits per heavy atom. The highest BCUT2D eigenvalue weighted by Crippen LogP contribution is 2.23. The molecule has 0 saturated heterocycles. The maximum atomic E-state index is 12.6. The average Bonchev–Trinajstić information content (AvgIpc) is 2.86. The summed E-state index contributed by atoms with van der Waals surface area (Å²) in [4.78, 5) is 25.1. The van der Waals surface area contributed by atoms with E-state index in [1.165, 1.54) is 6.21 Å². The second kappa shape index (κ2) is 11.4. The molecule has 1 amide bonds. The van der Waals surface area contributed by atoms with Crippen LogP contribution in [-0.4, -0.2) is 24.7 Å². The van der Waals surface area contributed by atoms with Crippen molar-refractivity contribution in [3.63, 3.8) is 0 Å². The summed E-state index contributed by atoms with van der Waals surface area (Å²) in [5, 5.41) is 6.19. The molecule has 0 atom stereocenters. The largest absolute Gasteiger partial charge is 0.494 e. The molecule has 0 aliphatic heterocycles. The molecule has 0 bridgehead atoms. The Kier molecular flexibility index (Phi) is 7.90. The maximum Gasteiger partial charge on any atom is 0.343 e. The molecule has 0 radical (unpaired) electrons. The van der Waals surface area contributed by atoms with Crippen molar-refractivity contribution in [2.45, 2.75) is 13.3 Å². The van der Waals surface area contributed by atoms with E-state index in [1.807, 2.05) is 49.4 Å². The molecule has 0 aliphatic rings. The molecule has 0 aromatic heterocycles. The van der Waals surface area contributed by atoms with Gasteiger partial charge >= 0.3 is 5.97 Å². The van der Waals surface area contributed by atoms with E-state index in [0.29, 0.717) is 29.2 Å². The van der Waals surface area contributed by atoms with Crippen molar-refractivity contribution in [3.05, 3.63) is 106 Å². The summed E-state index contributed by atoms with van der Waals surface area (Å²) < 4.78 is 11.8. The third-order valence-corrected chi connectivity index (χ3v) is 5.69. The zero-order chi connectivity index (χ0) is 24.6. The standard InChI is InChI=1S/C28H23BrN2O4/c1-2-34-24-13-10-20(11-14-24)28(33)35-26-15-12-23(29)16-22(26)18-30-31-27(32)17-21-8-5-7-19-6-3-4-9-25(19)21/h3-16,18H,2,17H2,1H3,(H,31,32)/b30-18-. The SMILES string of the molecule is CCOc1ccc(C(=O)Oc2ccc(Br)cc2/C=N\NC(=O)Cc2cccc3ccccc23)cc1. The number of esters is 1. The molecule has 0 fully saturated rings. The minimum atomic E-state index is -0.509. The molecule has 4 aromatic carbocycles. The summed E-state index contributed by atoms with van der Waals surface area (Å²) in [5.41, 5.74) is 4.40.